The van der Waals surface area contributed by atoms with E-state index in [1.807, 2.05) is 24.3 Å². The van der Waals surface area contributed by atoms with Crippen molar-refractivity contribution in [3.05, 3.63) is 30.0 Å². The summed E-state index contributed by atoms with van der Waals surface area (Å²) in [7, 11) is 0. The highest BCUT2D eigenvalue weighted by molar-refractivity contribution is 5.76. The van der Waals surface area contributed by atoms with Crippen molar-refractivity contribution >= 4 is 16.9 Å². The Morgan fingerprint density at radius 1 is 0.889 bits per heavy atom. The number of fused-ring (bicyclic) bond motifs is 1. The largest absolute Gasteiger partial charge is 0.355 e. The maximum Gasteiger partial charge on any atom is 0.150 e. The number of para-hydroxylation sites is 2. The van der Waals surface area contributed by atoms with Gasteiger partial charge in [-0.3, -0.25) is 0 Å². The Kier molecular flexibility index (Phi) is 3.13. The van der Waals surface area contributed by atoms with Gasteiger partial charge in [0.1, 0.15) is 0 Å². The number of anilines is 1. The average Bonchev–Trinajstić information content (AvgIpc) is 2.66. The van der Waals surface area contributed by atoms with Gasteiger partial charge in [0.15, 0.2) is 5.82 Å². The summed E-state index contributed by atoms with van der Waals surface area (Å²) in [5.74, 6) is 1.08. The Bertz CT molecular complexity index is 542. The molecule has 1 aliphatic rings. The number of hydrogen-bond acceptors (Lipinski definition) is 3. The summed E-state index contributed by atoms with van der Waals surface area (Å²) in [5.41, 5.74) is 3.05. The molecule has 0 spiro atoms. The highest BCUT2D eigenvalue weighted by atomic mass is 15.2. The van der Waals surface area contributed by atoms with Crippen molar-refractivity contribution in [2.24, 2.45) is 0 Å². The zero-order chi connectivity index (χ0) is 12.4. The van der Waals surface area contributed by atoms with Gasteiger partial charge in [0.05, 0.1) is 16.7 Å². The minimum absolute atomic E-state index is 0.994. The van der Waals surface area contributed by atoms with Crippen molar-refractivity contribution in [3.63, 3.8) is 0 Å². The first kappa shape index (κ1) is 11.5. The molecule has 0 bridgehead atoms. The van der Waals surface area contributed by atoms with Crippen LogP contribution in [-0.4, -0.2) is 23.1 Å². The lowest BCUT2D eigenvalue weighted by Crippen LogP contribution is -2.26. The molecule has 18 heavy (non-hydrogen) atoms. The third-order valence-electron chi connectivity index (χ3n) is 3.63. The molecule has 3 rings (SSSR count). The minimum Gasteiger partial charge on any atom is -0.355 e. The number of benzene rings is 1. The monoisotopic (exact) mass is 241 g/mol. The molecule has 1 aliphatic heterocycles. The quantitative estimate of drug-likeness (QED) is 0.767. The summed E-state index contributed by atoms with van der Waals surface area (Å²) in [6, 6.07) is 8.12. The van der Waals surface area contributed by atoms with Crippen LogP contribution in [0.2, 0.25) is 0 Å². The fourth-order valence-corrected chi connectivity index (χ4v) is 2.66. The molecule has 2 heterocycles. The van der Waals surface area contributed by atoms with Crippen LogP contribution in [0.4, 0.5) is 5.82 Å². The van der Waals surface area contributed by atoms with Crippen molar-refractivity contribution in [1.29, 1.82) is 0 Å². The van der Waals surface area contributed by atoms with Gasteiger partial charge in [-0.05, 0) is 31.9 Å². The van der Waals surface area contributed by atoms with Crippen LogP contribution in [0.1, 0.15) is 31.4 Å². The number of aryl methyl sites for hydroxylation is 1. The molecule has 94 valence electrons. The highest BCUT2D eigenvalue weighted by Crippen LogP contribution is 2.22. The van der Waals surface area contributed by atoms with Crippen LogP contribution in [0.5, 0.6) is 0 Å². The Hall–Kier alpha value is -1.64. The smallest absolute Gasteiger partial charge is 0.150 e. The van der Waals surface area contributed by atoms with Crippen LogP contribution in [0, 0.1) is 6.92 Å². The summed E-state index contributed by atoms with van der Waals surface area (Å²) in [6.45, 7) is 4.31. The molecular weight excluding hydrogens is 222 g/mol. The molecule has 0 N–H and O–H groups in total. The second-order valence-corrected chi connectivity index (χ2v) is 5.02. The molecule has 0 saturated carbocycles. The summed E-state index contributed by atoms with van der Waals surface area (Å²) in [4.78, 5) is 11.9. The van der Waals surface area contributed by atoms with E-state index in [4.69, 9.17) is 4.98 Å². The van der Waals surface area contributed by atoms with Gasteiger partial charge in [-0.25, -0.2) is 9.97 Å². The van der Waals surface area contributed by atoms with E-state index in [2.05, 4.69) is 16.8 Å². The molecule has 2 aromatic rings. The minimum atomic E-state index is 0.994. The van der Waals surface area contributed by atoms with Gasteiger partial charge >= 0.3 is 0 Å². The molecule has 0 amide bonds. The third kappa shape index (κ3) is 2.17. The van der Waals surface area contributed by atoms with E-state index in [-0.39, 0.29) is 0 Å². The van der Waals surface area contributed by atoms with E-state index in [9.17, 15) is 0 Å². The van der Waals surface area contributed by atoms with Gasteiger partial charge in [-0.2, -0.15) is 0 Å². The van der Waals surface area contributed by atoms with Crippen LogP contribution in [0.25, 0.3) is 11.0 Å². The van der Waals surface area contributed by atoms with Crippen molar-refractivity contribution in [2.45, 2.75) is 32.6 Å². The van der Waals surface area contributed by atoms with Gasteiger partial charge in [-0.15, -0.1) is 0 Å². The molecular formula is C15H19N3. The van der Waals surface area contributed by atoms with E-state index in [1.165, 1.54) is 25.7 Å². The fraction of sp³-hybridized carbons (Fsp3) is 0.467. The van der Waals surface area contributed by atoms with E-state index in [0.717, 1.165) is 35.6 Å². The van der Waals surface area contributed by atoms with Crippen LogP contribution in [-0.2, 0) is 0 Å². The summed E-state index contributed by atoms with van der Waals surface area (Å²) in [5, 5.41) is 0. The van der Waals surface area contributed by atoms with E-state index in [1.54, 1.807) is 0 Å². The normalized spacial score (nSPS) is 16.8. The Morgan fingerprint density at radius 3 is 2.17 bits per heavy atom. The van der Waals surface area contributed by atoms with Crippen molar-refractivity contribution < 1.29 is 0 Å². The van der Waals surface area contributed by atoms with Gasteiger partial charge in [0.2, 0.25) is 0 Å². The number of aromatic nitrogens is 2. The van der Waals surface area contributed by atoms with Gasteiger partial charge in [0, 0.05) is 13.1 Å². The van der Waals surface area contributed by atoms with E-state index >= 15 is 0 Å². The van der Waals surface area contributed by atoms with Crippen LogP contribution < -0.4 is 4.90 Å². The molecule has 3 nitrogen and oxygen atoms in total. The molecule has 0 aliphatic carbocycles. The molecule has 3 heteroatoms. The predicted octanol–water partition coefficient (Wildman–Crippen LogP) is 3.32. The second kappa shape index (κ2) is 4.92. The Balaban J connectivity index is 2.02. The Morgan fingerprint density at radius 2 is 1.50 bits per heavy atom. The maximum atomic E-state index is 4.80. The lowest BCUT2D eigenvalue weighted by molar-refractivity contribution is 0.726. The summed E-state index contributed by atoms with van der Waals surface area (Å²) >= 11 is 0. The molecule has 0 radical (unpaired) electrons. The first-order valence-corrected chi connectivity index (χ1v) is 6.83. The summed E-state index contributed by atoms with van der Waals surface area (Å²) < 4.78 is 0. The summed E-state index contributed by atoms with van der Waals surface area (Å²) in [6.07, 6.45) is 5.23. The number of rotatable bonds is 1. The van der Waals surface area contributed by atoms with Gasteiger partial charge < -0.3 is 4.90 Å². The van der Waals surface area contributed by atoms with E-state index < -0.39 is 0 Å². The topological polar surface area (TPSA) is 29.0 Å². The van der Waals surface area contributed by atoms with Crippen LogP contribution in [0.3, 0.4) is 0 Å². The molecule has 1 fully saturated rings. The fourth-order valence-electron chi connectivity index (χ4n) is 2.66. The molecule has 0 atom stereocenters. The van der Waals surface area contributed by atoms with Gasteiger partial charge in [-0.1, -0.05) is 25.0 Å². The zero-order valence-corrected chi connectivity index (χ0v) is 10.9. The lowest BCUT2D eigenvalue weighted by atomic mass is 10.2. The molecule has 1 saturated heterocycles. The Labute approximate surface area is 108 Å². The van der Waals surface area contributed by atoms with Crippen molar-refractivity contribution in [3.8, 4) is 0 Å². The van der Waals surface area contributed by atoms with E-state index in [0.29, 0.717) is 0 Å². The third-order valence-corrected chi connectivity index (χ3v) is 3.63. The predicted molar refractivity (Wildman–Crippen MR) is 75.0 cm³/mol. The SMILES string of the molecule is Cc1nc2ccccc2nc1N1CCCCCC1. The molecule has 0 unspecified atom stereocenters. The van der Waals surface area contributed by atoms with Crippen LogP contribution >= 0.6 is 0 Å². The molecule has 1 aromatic carbocycles. The number of hydrogen-bond donors (Lipinski definition) is 0. The highest BCUT2D eigenvalue weighted by Gasteiger charge is 2.14. The van der Waals surface area contributed by atoms with Crippen molar-refractivity contribution in [1.82, 2.24) is 9.97 Å². The lowest BCUT2D eigenvalue weighted by Gasteiger charge is -2.23. The van der Waals surface area contributed by atoms with Gasteiger partial charge in [0.25, 0.3) is 0 Å². The standard InChI is InChI=1S/C15H19N3/c1-12-15(18-10-6-2-3-7-11-18)17-14-9-5-4-8-13(14)16-12/h4-5,8-9H,2-3,6-7,10-11H2,1H3. The molecule has 1 aromatic heterocycles. The van der Waals surface area contributed by atoms with Crippen LogP contribution in [0.15, 0.2) is 24.3 Å². The second-order valence-electron chi connectivity index (χ2n) is 5.02. The first-order valence-electron chi connectivity index (χ1n) is 6.83. The zero-order valence-electron chi connectivity index (χ0n) is 10.9. The first-order chi connectivity index (χ1) is 8.84. The maximum absolute atomic E-state index is 4.80. The van der Waals surface area contributed by atoms with Crippen molar-refractivity contribution in [2.75, 3.05) is 18.0 Å². The number of nitrogens with zero attached hydrogens (tertiary/aromatic N) is 3. The average molecular weight is 241 g/mol.